The summed E-state index contributed by atoms with van der Waals surface area (Å²) in [5.41, 5.74) is -0.270. The Morgan fingerprint density at radius 3 is 2.50 bits per heavy atom. The van der Waals surface area contributed by atoms with Gasteiger partial charge in [-0.3, -0.25) is 14.4 Å². The first-order valence-electron chi connectivity index (χ1n) is 6.64. The Morgan fingerprint density at radius 2 is 1.75 bits per heavy atom. The Morgan fingerprint density at radius 1 is 1.00 bits per heavy atom. The van der Waals surface area contributed by atoms with E-state index in [1.54, 1.807) is 24.3 Å². The van der Waals surface area contributed by atoms with Crippen molar-refractivity contribution in [3.63, 3.8) is 0 Å². The molecule has 2 aromatic carbocycles. The summed E-state index contributed by atoms with van der Waals surface area (Å²) in [4.78, 5) is 37.2. The van der Waals surface area contributed by atoms with Crippen LogP contribution in [-0.2, 0) is 15.6 Å². The minimum Gasteiger partial charge on any atom is -0.748 e. The monoisotopic (exact) mass is 360 g/mol. The van der Waals surface area contributed by atoms with Crippen molar-refractivity contribution >= 4 is 54.7 Å². The van der Waals surface area contributed by atoms with Crippen molar-refractivity contribution in [3.05, 3.63) is 57.7 Å². The molecule has 4 rings (SSSR count). The third-order valence-electron chi connectivity index (χ3n) is 3.69. The second-order valence-corrected chi connectivity index (χ2v) is 6.59. The molecule has 24 heavy (non-hydrogen) atoms. The number of carbonyl (C=O) groups excluding carboxylic acids is 2. The molecule has 7 nitrogen and oxygen atoms in total. The van der Waals surface area contributed by atoms with Crippen LogP contribution in [0, 0.1) is 0 Å². The van der Waals surface area contributed by atoms with Crippen LogP contribution in [0.25, 0.3) is 20.2 Å². The third kappa shape index (κ3) is 2.03. The lowest BCUT2D eigenvalue weighted by Crippen LogP contribution is -2.30. The number of nitrogens with zero attached hydrogens (tertiary/aromatic N) is 1. The minimum absolute atomic E-state index is 0.00359. The van der Waals surface area contributed by atoms with Crippen LogP contribution in [0.4, 0.5) is 0 Å². The first-order chi connectivity index (χ1) is 11.5. The fraction of sp³-hybridized carbons (Fsp3) is 0. The van der Waals surface area contributed by atoms with Crippen molar-refractivity contribution in [2.45, 2.75) is 0 Å². The van der Waals surface area contributed by atoms with Crippen LogP contribution in [0.3, 0.4) is 0 Å². The highest BCUT2D eigenvalue weighted by Gasteiger charge is 2.39. The molecule has 0 N–H and O–H groups in total. The Kier molecular flexibility index (Phi) is 3.32. The maximum Gasteiger partial charge on any atom is 0.288 e. The molecule has 3 aromatic rings. The largest absolute Gasteiger partial charge is 0.748 e. The molecule has 1 aliphatic heterocycles. The number of benzene rings is 2. The molecule has 1 aromatic heterocycles. The summed E-state index contributed by atoms with van der Waals surface area (Å²) < 4.78 is 26.6. The van der Waals surface area contributed by atoms with Gasteiger partial charge in [-0.25, -0.2) is 4.21 Å². The summed E-state index contributed by atoms with van der Waals surface area (Å²) in [5, 5.41) is 0.990. The lowest BCUT2D eigenvalue weighted by atomic mass is 10.1. The Labute approximate surface area is 140 Å². The summed E-state index contributed by atoms with van der Waals surface area (Å²) in [6.07, 6.45) is 0. The van der Waals surface area contributed by atoms with Crippen molar-refractivity contribution in [1.29, 1.82) is 0 Å². The molecule has 0 fully saturated rings. The van der Waals surface area contributed by atoms with Crippen molar-refractivity contribution in [1.82, 2.24) is 5.06 Å². The van der Waals surface area contributed by atoms with E-state index >= 15 is 0 Å². The molecule has 0 radical (unpaired) electrons. The van der Waals surface area contributed by atoms with E-state index in [0.717, 1.165) is 0 Å². The number of carbonyl (C=O) groups is 2. The molecular formula is C15H6NO6S2-. The second-order valence-electron chi connectivity index (χ2n) is 4.98. The molecule has 0 saturated heterocycles. The number of fused-ring (bicyclic) bond motifs is 4. The van der Waals surface area contributed by atoms with Gasteiger partial charge in [0.25, 0.3) is 11.8 Å². The number of hydroxylamine groups is 2. The van der Waals surface area contributed by atoms with Gasteiger partial charge in [0.05, 0.1) is 15.8 Å². The predicted molar refractivity (Wildman–Crippen MR) is 86.1 cm³/mol. The third-order valence-corrected chi connectivity index (χ3v) is 5.17. The zero-order valence-electron chi connectivity index (χ0n) is 11.7. The smallest absolute Gasteiger partial charge is 0.288 e. The maximum absolute atomic E-state index is 12.6. The molecule has 1 unspecified atom stereocenters. The van der Waals surface area contributed by atoms with E-state index in [1.807, 2.05) is 0 Å². The molecule has 120 valence electrons. The summed E-state index contributed by atoms with van der Waals surface area (Å²) >= 11 is -1.88. The van der Waals surface area contributed by atoms with Crippen molar-refractivity contribution in [2.24, 2.45) is 0 Å². The second kappa shape index (κ2) is 5.28. The van der Waals surface area contributed by atoms with Gasteiger partial charge >= 0.3 is 0 Å². The van der Waals surface area contributed by atoms with E-state index in [2.05, 4.69) is 4.28 Å². The fourth-order valence-corrected chi connectivity index (χ4v) is 4.15. The van der Waals surface area contributed by atoms with E-state index in [1.165, 1.54) is 23.5 Å². The van der Waals surface area contributed by atoms with Gasteiger partial charge in [-0.15, -0.1) is 16.4 Å². The van der Waals surface area contributed by atoms with E-state index in [9.17, 15) is 23.1 Å². The lowest BCUT2D eigenvalue weighted by Gasteiger charge is -2.13. The number of amides is 2. The number of imide groups is 1. The number of hydrogen-bond acceptors (Lipinski definition) is 7. The molecule has 0 spiro atoms. The van der Waals surface area contributed by atoms with E-state index < -0.39 is 23.2 Å². The van der Waals surface area contributed by atoms with Crippen LogP contribution in [0.2, 0.25) is 0 Å². The van der Waals surface area contributed by atoms with Crippen LogP contribution in [-0.4, -0.2) is 25.6 Å². The summed E-state index contributed by atoms with van der Waals surface area (Å²) in [6.45, 7) is 0. The molecule has 1 aliphatic rings. The number of hydrogen-bond donors (Lipinski definition) is 0. The van der Waals surface area contributed by atoms with Gasteiger partial charge in [-0.05, 0) is 24.3 Å². The molecule has 0 aliphatic carbocycles. The standard InChI is InChI=1S/C15H7NO6S2/c17-12-7-3-1-2-4-10(7)23-13-9(12)6-5-8-11(13)15(19)16(14(8)18)22-24(20)21/h1-6H,(H,20,21)/p-1. The average molecular weight is 360 g/mol. The molecular weight excluding hydrogens is 354 g/mol. The SMILES string of the molecule is O=C1c2ccc3c(=O)c4ccccc4sc3c2C(=O)N1OS(=O)[O-]. The molecule has 2 heterocycles. The highest BCUT2D eigenvalue weighted by Crippen LogP contribution is 2.34. The Hall–Kier alpha value is -2.46. The average Bonchev–Trinajstić information content (AvgIpc) is 2.80. The Bertz CT molecular complexity index is 1140. The molecule has 2 amide bonds. The predicted octanol–water partition coefficient (Wildman–Crippen LogP) is 1.74. The van der Waals surface area contributed by atoms with Crippen LogP contribution in [0.1, 0.15) is 20.7 Å². The first-order valence-corrected chi connectivity index (χ1v) is 8.45. The molecule has 0 saturated carbocycles. The fourth-order valence-electron chi connectivity index (χ4n) is 2.69. The van der Waals surface area contributed by atoms with Crippen molar-refractivity contribution < 1.29 is 22.6 Å². The molecule has 9 heteroatoms. The summed E-state index contributed by atoms with van der Waals surface area (Å²) in [7, 11) is 0. The summed E-state index contributed by atoms with van der Waals surface area (Å²) in [5.74, 6) is -1.79. The van der Waals surface area contributed by atoms with Gasteiger partial charge in [-0.1, -0.05) is 12.1 Å². The quantitative estimate of drug-likeness (QED) is 0.392. The first kappa shape index (κ1) is 15.1. The van der Waals surface area contributed by atoms with E-state index in [-0.39, 0.29) is 21.6 Å². The topological polar surface area (TPSA) is 104 Å². The van der Waals surface area contributed by atoms with Crippen molar-refractivity contribution in [3.8, 4) is 0 Å². The van der Waals surface area contributed by atoms with Crippen molar-refractivity contribution in [2.75, 3.05) is 0 Å². The molecule has 0 bridgehead atoms. The normalized spacial score (nSPS) is 15.3. The molecule has 1 atom stereocenters. The van der Waals surface area contributed by atoms with Gasteiger partial charge < -0.3 is 4.55 Å². The Balaban J connectivity index is 2.07. The highest BCUT2D eigenvalue weighted by atomic mass is 32.2. The van der Waals surface area contributed by atoms with Gasteiger partial charge in [0.2, 0.25) is 0 Å². The lowest BCUT2D eigenvalue weighted by molar-refractivity contribution is -0.0117. The summed E-state index contributed by atoms with van der Waals surface area (Å²) in [6, 6.07) is 9.71. The van der Waals surface area contributed by atoms with Crippen LogP contribution in [0.15, 0.2) is 41.2 Å². The van der Waals surface area contributed by atoms with Gasteiger partial charge in [0.15, 0.2) is 5.43 Å². The van der Waals surface area contributed by atoms with E-state index in [0.29, 0.717) is 20.2 Å². The van der Waals surface area contributed by atoms with Crippen LogP contribution in [0.5, 0.6) is 0 Å². The highest BCUT2D eigenvalue weighted by molar-refractivity contribution is 7.74. The van der Waals surface area contributed by atoms with E-state index in [4.69, 9.17) is 0 Å². The van der Waals surface area contributed by atoms with Crippen LogP contribution >= 0.6 is 11.3 Å². The van der Waals surface area contributed by atoms with Gasteiger partial charge in [0, 0.05) is 15.5 Å². The maximum atomic E-state index is 12.6. The zero-order chi connectivity index (χ0) is 17.0. The van der Waals surface area contributed by atoms with Gasteiger partial charge in [-0.2, -0.15) is 4.28 Å². The van der Waals surface area contributed by atoms with Crippen LogP contribution < -0.4 is 5.43 Å². The number of rotatable bonds is 2. The minimum atomic E-state index is -3.07. The van der Waals surface area contributed by atoms with Gasteiger partial charge in [0.1, 0.15) is 11.4 Å². The zero-order valence-corrected chi connectivity index (χ0v) is 13.3.